The molecular weight excluding hydrogens is 300 g/mol. The van der Waals surface area contributed by atoms with Gasteiger partial charge in [-0.2, -0.15) is 5.10 Å². The fourth-order valence-electron chi connectivity index (χ4n) is 1.57. The Morgan fingerprint density at radius 2 is 2.25 bits per heavy atom. The SMILES string of the molecule is NS(=O)(=O)c1ccc(CCNC(=O)Cn2cccn2)s1. The van der Waals surface area contributed by atoms with Gasteiger partial charge in [-0.1, -0.05) is 0 Å². The van der Waals surface area contributed by atoms with E-state index in [0.717, 1.165) is 16.2 Å². The van der Waals surface area contributed by atoms with Crippen LogP contribution in [0.15, 0.2) is 34.8 Å². The lowest BCUT2D eigenvalue weighted by Crippen LogP contribution is -2.29. The molecule has 0 aliphatic rings. The smallest absolute Gasteiger partial charge is 0.247 e. The van der Waals surface area contributed by atoms with Crippen molar-refractivity contribution in [3.8, 4) is 0 Å². The van der Waals surface area contributed by atoms with E-state index >= 15 is 0 Å². The molecule has 2 rings (SSSR count). The number of amides is 1. The van der Waals surface area contributed by atoms with Crippen molar-refractivity contribution >= 4 is 27.3 Å². The maximum absolute atomic E-state index is 11.6. The second-order valence-electron chi connectivity index (χ2n) is 4.07. The van der Waals surface area contributed by atoms with Crippen molar-refractivity contribution in [2.45, 2.75) is 17.2 Å². The number of nitrogens with two attached hydrogens (primary N) is 1. The van der Waals surface area contributed by atoms with Crippen LogP contribution in [0.2, 0.25) is 0 Å². The quantitative estimate of drug-likeness (QED) is 0.779. The number of sulfonamides is 1. The Kier molecular flexibility index (Phi) is 4.53. The highest BCUT2D eigenvalue weighted by Gasteiger charge is 2.11. The van der Waals surface area contributed by atoms with Crippen LogP contribution < -0.4 is 10.5 Å². The van der Waals surface area contributed by atoms with E-state index in [1.165, 1.54) is 10.7 Å². The zero-order valence-electron chi connectivity index (χ0n) is 10.5. The van der Waals surface area contributed by atoms with E-state index in [0.29, 0.717) is 13.0 Å². The molecule has 1 amide bonds. The largest absolute Gasteiger partial charge is 0.354 e. The Morgan fingerprint density at radius 3 is 2.85 bits per heavy atom. The van der Waals surface area contributed by atoms with Gasteiger partial charge in [0.25, 0.3) is 0 Å². The molecule has 0 aromatic carbocycles. The Hall–Kier alpha value is -1.71. The number of hydrogen-bond acceptors (Lipinski definition) is 5. The van der Waals surface area contributed by atoms with Crippen LogP contribution in [0.5, 0.6) is 0 Å². The third kappa shape index (κ3) is 4.15. The first-order chi connectivity index (χ1) is 9.45. The fraction of sp³-hybridized carbons (Fsp3) is 0.273. The molecule has 20 heavy (non-hydrogen) atoms. The van der Waals surface area contributed by atoms with Gasteiger partial charge in [-0.3, -0.25) is 9.48 Å². The summed E-state index contributed by atoms with van der Waals surface area (Å²) in [4.78, 5) is 12.4. The summed E-state index contributed by atoms with van der Waals surface area (Å²) < 4.78 is 23.9. The van der Waals surface area contributed by atoms with E-state index < -0.39 is 10.0 Å². The average molecular weight is 314 g/mol. The average Bonchev–Trinajstić information content (AvgIpc) is 2.98. The maximum atomic E-state index is 11.6. The van der Waals surface area contributed by atoms with E-state index in [2.05, 4.69) is 10.4 Å². The Bertz CT molecular complexity index is 676. The van der Waals surface area contributed by atoms with Gasteiger partial charge in [0.05, 0.1) is 0 Å². The monoisotopic (exact) mass is 314 g/mol. The van der Waals surface area contributed by atoms with Gasteiger partial charge in [-0.25, -0.2) is 13.6 Å². The van der Waals surface area contributed by atoms with Crippen molar-refractivity contribution in [2.75, 3.05) is 6.54 Å². The van der Waals surface area contributed by atoms with Gasteiger partial charge in [0, 0.05) is 23.8 Å². The molecule has 0 bridgehead atoms. The number of carbonyl (C=O) groups excluding carboxylic acids is 1. The first-order valence-corrected chi connectivity index (χ1v) is 8.17. The second-order valence-corrected chi connectivity index (χ2v) is 7.03. The van der Waals surface area contributed by atoms with E-state index in [-0.39, 0.29) is 16.7 Å². The number of aromatic nitrogens is 2. The van der Waals surface area contributed by atoms with Crippen LogP contribution in [0.3, 0.4) is 0 Å². The minimum absolute atomic E-state index is 0.135. The number of hydrogen-bond donors (Lipinski definition) is 2. The molecule has 0 radical (unpaired) electrons. The minimum atomic E-state index is -3.64. The van der Waals surface area contributed by atoms with E-state index in [1.807, 2.05) is 0 Å². The summed E-state index contributed by atoms with van der Waals surface area (Å²) >= 11 is 1.12. The molecule has 2 aromatic rings. The van der Waals surface area contributed by atoms with E-state index in [4.69, 9.17) is 5.14 Å². The third-order valence-electron chi connectivity index (χ3n) is 2.48. The Labute approximate surface area is 120 Å². The first kappa shape index (κ1) is 14.7. The lowest BCUT2D eigenvalue weighted by Gasteiger charge is -2.04. The summed E-state index contributed by atoms with van der Waals surface area (Å²) in [7, 11) is -3.64. The zero-order valence-corrected chi connectivity index (χ0v) is 12.2. The lowest BCUT2D eigenvalue weighted by atomic mass is 10.3. The molecule has 2 aromatic heterocycles. The van der Waals surface area contributed by atoms with Crippen LogP contribution in [-0.4, -0.2) is 30.7 Å². The van der Waals surface area contributed by atoms with E-state index in [9.17, 15) is 13.2 Å². The molecule has 0 atom stereocenters. The van der Waals surface area contributed by atoms with Crippen LogP contribution in [0, 0.1) is 0 Å². The van der Waals surface area contributed by atoms with Crippen LogP contribution in [0.4, 0.5) is 0 Å². The number of rotatable bonds is 6. The summed E-state index contributed by atoms with van der Waals surface area (Å²) in [5.74, 6) is -0.142. The number of nitrogens with one attached hydrogen (secondary N) is 1. The highest BCUT2D eigenvalue weighted by molar-refractivity contribution is 7.91. The van der Waals surface area contributed by atoms with Crippen molar-refractivity contribution in [1.29, 1.82) is 0 Å². The van der Waals surface area contributed by atoms with Gasteiger partial charge in [0.15, 0.2) is 0 Å². The van der Waals surface area contributed by atoms with Crippen molar-refractivity contribution in [3.05, 3.63) is 35.5 Å². The normalized spacial score (nSPS) is 11.4. The van der Waals surface area contributed by atoms with Crippen molar-refractivity contribution in [3.63, 3.8) is 0 Å². The number of nitrogens with zero attached hydrogens (tertiary/aromatic N) is 2. The highest BCUT2D eigenvalue weighted by Crippen LogP contribution is 2.20. The Morgan fingerprint density at radius 1 is 1.45 bits per heavy atom. The van der Waals surface area contributed by atoms with E-state index in [1.54, 1.807) is 24.5 Å². The lowest BCUT2D eigenvalue weighted by molar-refractivity contribution is -0.121. The van der Waals surface area contributed by atoms with Crippen LogP contribution >= 0.6 is 11.3 Å². The molecule has 0 spiro atoms. The van der Waals surface area contributed by atoms with Gasteiger partial charge in [-0.05, 0) is 24.6 Å². The third-order valence-corrected chi connectivity index (χ3v) is 5.06. The first-order valence-electron chi connectivity index (χ1n) is 5.81. The number of thiophene rings is 1. The molecule has 0 aliphatic heterocycles. The van der Waals surface area contributed by atoms with Gasteiger partial charge < -0.3 is 5.32 Å². The molecule has 0 saturated heterocycles. The van der Waals surface area contributed by atoms with Crippen LogP contribution in [0.1, 0.15) is 4.88 Å². The van der Waals surface area contributed by atoms with Gasteiger partial charge in [0.1, 0.15) is 10.8 Å². The second kappa shape index (κ2) is 6.16. The molecule has 3 N–H and O–H groups in total. The molecular formula is C11H14N4O3S2. The molecule has 9 heteroatoms. The van der Waals surface area contributed by atoms with Crippen LogP contribution in [-0.2, 0) is 27.8 Å². The number of carbonyl (C=O) groups is 1. The Balaban J connectivity index is 1.78. The molecule has 0 fully saturated rings. The number of primary sulfonamides is 1. The van der Waals surface area contributed by atoms with Gasteiger partial charge in [0.2, 0.25) is 15.9 Å². The summed E-state index contributed by atoms with van der Waals surface area (Å²) in [6.45, 7) is 0.602. The zero-order chi connectivity index (χ0) is 14.6. The molecule has 0 aliphatic carbocycles. The van der Waals surface area contributed by atoms with Crippen molar-refractivity contribution in [2.24, 2.45) is 5.14 Å². The predicted octanol–water partition coefficient (Wildman–Crippen LogP) is -0.0491. The highest BCUT2D eigenvalue weighted by atomic mass is 32.2. The summed E-state index contributed by atoms with van der Waals surface area (Å²) in [5.41, 5.74) is 0. The van der Waals surface area contributed by atoms with Gasteiger partial charge >= 0.3 is 0 Å². The maximum Gasteiger partial charge on any atom is 0.247 e. The molecule has 7 nitrogen and oxygen atoms in total. The fourth-order valence-corrected chi connectivity index (χ4v) is 3.35. The minimum Gasteiger partial charge on any atom is -0.354 e. The molecule has 2 heterocycles. The summed E-state index contributed by atoms with van der Waals surface area (Å²) in [6.07, 6.45) is 3.87. The summed E-state index contributed by atoms with van der Waals surface area (Å²) in [5, 5.41) is 11.7. The van der Waals surface area contributed by atoms with Crippen LogP contribution in [0.25, 0.3) is 0 Å². The van der Waals surface area contributed by atoms with Gasteiger partial charge in [-0.15, -0.1) is 11.3 Å². The topological polar surface area (TPSA) is 107 Å². The predicted molar refractivity (Wildman–Crippen MR) is 74.6 cm³/mol. The van der Waals surface area contributed by atoms with Crippen molar-refractivity contribution in [1.82, 2.24) is 15.1 Å². The standard InChI is InChI=1S/C11H14N4O3S2/c12-20(17,18)11-3-2-9(19-11)4-6-13-10(16)8-15-7-1-5-14-15/h1-3,5,7H,4,6,8H2,(H,13,16)(H2,12,17,18). The molecule has 0 unspecified atom stereocenters. The summed E-state index contributed by atoms with van der Waals surface area (Å²) in [6, 6.07) is 4.92. The van der Waals surface area contributed by atoms with Crippen molar-refractivity contribution < 1.29 is 13.2 Å². The molecule has 108 valence electrons. The molecule has 0 saturated carbocycles.